The fraction of sp³-hybridized carbons (Fsp3) is 0.367. The van der Waals surface area contributed by atoms with Crippen molar-refractivity contribution in [2.24, 2.45) is 5.41 Å². The normalized spacial score (nSPS) is 20.8. The first-order valence-electron chi connectivity index (χ1n) is 12.7. The van der Waals surface area contributed by atoms with Gasteiger partial charge >= 0.3 is 5.97 Å². The number of methoxy groups -OCH3 is 1. The molecule has 1 saturated heterocycles. The van der Waals surface area contributed by atoms with Gasteiger partial charge in [0.25, 0.3) is 0 Å². The van der Waals surface area contributed by atoms with Gasteiger partial charge in [-0.3, -0.25) is 4.90 Å². The summed E-state index contributed by atoms with van der Waals surface area (Å²) in [6.07, 6.45) is 3.20. The Morgan fingerprint density at radius 3 is 2.70 bits per heavy atom. The standard InChI is InChI=1S/C30H30F2N2O3/c1-18-12-26(37-2)24(22-8-10-33-27(18)22)15-34-11-9-29(16-30(31,32)17-29)14-25(34)20-6-7-21-19(13-20)4-3-5-23(21)28(35)36/h3-8,10,12-13,25,33H,9,11,14-17H2,1-2H3,(H,35,36)/t25-/m0/s1. The lowest BCUT2D eigenvalue weighted by Gasteiger charge is -2.54. The lowest BCUT2D eigenvalue weighted by molar-refractivity contribution is -0.186. The van der Waals surface area contributed by atoms with Crippen molar-refractivity contribution in [3.8, 4) is 5.75 Å². The van der Waals surface area contributed by atoms with E-state index in [1.54, 1.807) is 19.2 Å². The van der Waals surface area contributed by atoms with Gasteiger partial charge in [0.15, 0.2) is 0 Å². The van der Waals surface area contributed by atoms with E-state index in [-0.39, 0.29) is 29.9 Å². The highest BCUT2D eigenvalue weighted by Crippen LogP contribution is 2.60. The summed E-state index contributed by atoms with van der Waals surface area (Å²) in [5, 5.41) is 12.2. The number of likely N-dealkylation sites (tertiary alicyclic amines) is 1. The Morgan fingerprint density at radius 1 is 1.16 bits per heavy atom. The summed E-state index contributed by atoms with van der Waals surface area (Å²) in [6, 6.07) is 15.2. The van der Waals surface area contributed by atoms with E-state index in [1.165, 1.54) is 0 Å². The summed E-state index contributed by atoms with van der Waals surface area (Å²) in [5.41, 5.74) is 4.20. The number of hydrogen-bond donors (Lipinski definition) is 2. The Hall–Kier alpha value is -3.45. The van der Waals surface area contributed by atoms with E-state index in [9.17, 15) is 18.7 Å². The first-order chi connectivity index (χ1) is 17.7. The molecule has 1 saturated carbocycles. The van der Waals surface area contributed by atoms with Gasteiger partial charge in [-0.1, -0.05) is 24.3 Å². The topological polar surface area (TPSA) is 65.6 Å². The van der Waals surface area contributed by atoms with E-state index < -0.39 is 11.9 Å². The van der Waals surface area contributed by atoms with Crippen LogP contribution in [0.4, 0.5) is 8.78 Å². The molecule has 6 rings (SSSR count). The minimum atomic E-state index is -2.58. The summed E-state index contributed by atoms with van der Waals surface area (Å²) in [4.78, 5) is 17.4. The van der Waals surface area contributed by atoms with Crippen LogP contribution in [0.1, 0.15) is 58.8 Å². The molecule has 0 amide bonds. The number of aryl methyl sites for hydroxylation is 1. The highest BCUT2D eigenvalue weighted by molar-refractivity contribution is 6.03. The first kappa shape index (κ1) is 23.9. The van der Waals surface area contributed by atoms with Gasteiger partial charge in [-0.05, 0) is 77.9 Å². The van der Waals surface area contributed by atoms with E-state index in [2.05, 4.69) is 22.9 Å². The maximum Gasteiger partial charge on any atom is 0.336 e. The van der Waals surface area contributed by atoms with Crippen molar-refractivity contribution in [1.82, 2.24) is 9.88 Å². The number of halogens is 2. The van der Waals surface area contributed by atoms with Crippen LogP contribution in [0.25, 0.3) is 21.7 Å². The molecular weight excluding hydrogens is 474 g/mol. The highest BCUT2D eigenvalue weighted by Gasteiger charge is 2.58. The number of nitrogens with zero attached hydrogens (tertiary/aromatic N) is 1. The number of hydrogen-bond acceptors (Lipinski definition) is 3. The number of alkyl halides is 2. The van der Waals surface area contributed by atoms with Crippen LogP contribution < -0.4 is 4.74 Å². The number of carboxylic acid groups (broad SMARTS) is 1. The fourth-order valence-corrected chi connectivity index (χ4v) is 6.74. The number of carbonyl (C=O) groups is 1. The second kappa shape index (κ2) is 8.55. The zero-order valence-corrected chi connectivity index (χ0v) is 21.0. The number of aromatic carboxylic acids is 1. The molecule has 2 N–H and O–H groups in total. The Morgan fingerprint density at radius 2 is 1.97 bits per heavy atom. The van der Waals surface area contributed by atoms with Crippen LogP contribution >= 0.6 is 0 Å². The summed E-state index contributed by atoms with van der Waals surface area (Å²) >= 11 is 0. The summed E-state index contributed by atoms with van der Waals surface area (Å²) in [7, 11) is 1.68. The number of aromatic nitrogens is 1. The number of piperidine rings is 1. The number of rotatable bonds is 5. The molecule has 1 atom stereocenters. The number of benzene rings is 3. The molecule has 192 valence electrons. The monoisotopic (exact) mass is 504 g/mol. The SMILES string of the molecule is COc1cc(C)c2[nH]ccc2c1CN1CCC2(C[C@H]1c1ccc3c(C(=O)O)cccc3c1)CC(F)(F)C2. The third kappa shape index (κ3) is 4.06. The summed E-state index contributed by atoms with van der Waals surface area (Å²) in [5.74, 6) is -2.72. The van der Waals surface area contributed by atoms with Gasteiger partial charge in [-0.25, -0.2) is 13.6 Å². The van der Waals surface area contributed by atoms with Crippen molar-refractivity contribution < 1.29 is 23.4 Å². The molecule has 3 aromatic carbocycles. The number of H-pyrrole nitrogens is 1. The number of fused-ring (bicyclic) bond motifs is 2. The van der Waals surface area contributed by atoms with E-state index in [0.29, 0.717) is 24.9 Å². The second-order valence-corrected chi connectivity index (χ2v) is 10.9. The number of aromatic amines is 1. The molecule has 37 heavy (non-hydrogen) atoms. The van der Waals surface area contributed by atoms with Gasteiger partial charge in [0.05, 0.1) is 12.7 Å². The molecule has 5 nitrogen and oxygen atoms in total. The molecule has 1 aliphatic carbocycles. The maximum atomic E-state index is 14.1. The smallest absolute Gasteiger partial charge is 0.336 e. The predicted octanol–water partition coefficient (Wildman–Crippen LogP) is 7.09. The van der Waals surface area contributed by atoms with Crippen LogP contribution in [0.3, 0.4) is 0 Å². The minimum absolute atomic E-state index is 0.0585. The fourth-order valence-electron chi connectivity index (χ4n) is 6.74. The van der Waals surface area contributed by atoms with Crippen LogP contribution in [-0.2, 0) is 6.54 Å². The lowest BCUT2D eigenvalue weighted by Crippen LogP contribution is -2.53. The number of nitrogens with one attached hydrogen (secondary N) is 1. The molecule has 0 unspecified atom stereocenters. The maximum absolute atomic E-state index is 14.1. The Kier molecular flexibility index (Phi) is 5.53. The molecule has 1 aromatic heterocycles. The van der Waals surface area contributed by atoms with Crippen molar-refractivity contribution in [1.29, 1.82) is 0 Å². The Bertz CT molecular complexity index is 1520. The van der Waals surface area contributed by atoms with Gasteiger partial charge in [-0.15, -0.1) is 0 Å². The molecule has 1 spiro atoms. The van der Waals surface area contributed by atoms with Crippen molar-refractivity contribution in [2.75, 3.05) is 13.7 Å². The second-order valence-electron chi connectivity index (χ2n) is 10.9. The zero-order chi connectivity index (χ0) is 25.9. The molecule has 7 heteroatoms. The molecular formula is C30H30F2N2O3. The summed E-state index contributed by atoms with van der Waals surface area (Å²) in [6.45, 7) is 3.38. The average molecular weight is 505 g/mol. The van der Waals surface area contributed by atoms with Crippen LogP contribution in [0, 0.1) is 12.3 Å². The van der Waals surface area contributed by atoms with E-state index in [4.69, 9.17) is 4.74 Å². The molecule has 2 aliphatic rings. The molecule has 0 radical (unpaired) electrons. The number of carboxylic acids is 1. The largest absolute Gasteiger partial charge is 0.496 e. The van der Waals surface area contributed by atoms with Crippen LogP contribution in [-0.4, -0.2) is 40.5 Å². The summed E-state index contributed by atoms with van der Waals surface area (Å²) < 4.78 is 33.9. The Labute approximate surface area is 214 Å². The van der Waals surface area contributed by atoms with E-state index >= 15 is 0 Å². The van der Waals surface area contributed by atoms with E-state index in [1.807, 2.05) is 36.5 Å². The van der Waals surface area contributed by atoms with Gasteiger partial charge in [0.2, 0.25) is 5.92 Å². The van der Waals surface area contributed by atoms with Gasteiger partial charge in [0, 0.05) is 48.1 Å². The quantitative estimate of drug-likeness (QED) is 0.305. The van der Waals surface area contributed by atoms with Gasteiger partial charge < -0.3 is 14.8 Å². The van der Waals surface area contributed by atoms with Gasteiger partial charge in [0.1, 0.15) is 5.75 Å². The number of ether oxygens (including phenoxy) is 1. The van der Waals surface area contributed by atoms with Crippen molar-refractivity contribution in [3.63, 3.8) is 0 Å². The van der Waals surface area contributed by atoms with Crippen LogP contribution in [0.5, 0.6) is 5.75 Å². The lowest BCUT2D eigenvalue weighted by atomic mass is 9.59. The zero-order valence-electron chi connectivity index (χ0n) is 21.0. The van der Waals surface area contributed by atoms with Crippen molar-refractivity contribution in [3.05, 3.63) is 77.0 Å². The Balaban J connectivity index is 1.41. The molecule has 2 fully saturated rings. The van der Waals surface area contributed by atoms with Crippen LogP contribution in [0.15, 0.2) is 54.7 Å². The molecule has 0 bridgehead atoms. The first-order valence-corrected chi connectivity index (χ1v) is 12.7. The molecule has 2 heterocycles. The third-order valence-electron chi connectivity index (χ3n) is 8.48. The van der Waals surface area contributed by atoms with Crippen molar-refractivity contribution in [2.45, 2.75) is 51.1 Å². The van der Waals surface area contributed by atoms with E-state index in [0.717, 1.165) is 45.1 Å². The van der Waals surface area contributed by atoms with Crippen LogP contribution in [0.2, 0.25) is 0 Å². The predicted molar refractivity (Wildman–Crippen MR) is 139 cm³/mol. The highest BCUT2D eigenvalue weighted by atomic mass is 19.3. The van der Waals surface area contributed by atoms with Crippen molar-refractivity contribution >= 4 is 27.6 Å². The average Bonchev–Trinajstić information content (AvgIpc) is 3.35. The molecule has 4 aromatic rings. The molecule has 1 aliphatic heterocycles. The van der Waals surface area contributed by atoms with Gasteiger partial charge in [-0.2, -0.15) is 0 Å². The third-order valence-corrected chi connectivity index (χ3v) is 8.48. The minimum Gasteiger partial charge on any atom is -0.496 e.